The van der Waals surface area contributed by atoms with Crippen molar-refractivity contribution >= 4 is 17.5 Å². The van der Waals surface area contributed by atoms with E-state index in [2.05, 4.69) is 10.1 Å². The summed E-state index contributed by atoms with van der Waals surface area (Å²) < 4.78 is 105. The van der Waals surface area contributed by atoms with Crippen LogP contribution in [0.2, 0.25) is 0 Å². The Morgan fingerprint density at radius 1 is 1.02 bits per heavy atom. The third kappa shape index (κ3) is 5.98. The summed E-state index contributed by atoms with van der Waals surface area (Å²) in [5.41, 5.74) is -3.85. The molecule has 2 amide bonds. The highest BCUT2D eigenvalue weighted by atomic mass is 19.4. The highest BCUT2D eigenvalue weighted by Gasteiger charge is 2.46. The van der Waals surface area contributed by atoms with Crippen LogP contribution in [0.15, 0.2) is 53.5 Å². The molecule has 218 valence electrons. The third-order valence-corrected chi connectivity index (χ3v) is 6.38. The topological polar surface area (TPSA) is 89.9 Å². The number of carbonyl (C=O) groups excluding carboxylic acids is 2. The lowest BCUT2D eigenvalue weighted by atomic mass is 9.92. The van der Waals surface area contributed by atoms with E-state index in [0.717, 1.165) is 50.6 Å². The van der Waals surface area contributed by atoms with Gasteiger partial charge in [-0.25, -0.2) is 8.78 Å². The number of amides is 2. The van der Waals surface area contributed by atoms with E-state index in [-0.39, 0.29) is 17.1 Å². The number of aryl methyl sites for hydroxylation is 1. The monoisotopic (exact) mass is 587 g/mol. The zero-order valence-electron chi connectivity index (χ0n) is 21.1. The Balaban J connectivity index is 1.77. The molecule has 2 heterocycles. The number of nitrogens with one attached hydrogen (secondary N) is 1. The number of anilines is 1. The predicted molar refractivity (Wildman–Crippen MR) is 129 cm³/mol. The highest BCUT2D eigenvalue weighted by Crippen LogP contribution is 2.37. The first-order chi connectivity index (χ1) is 19.2. The second-order valence-electron chi connectivity index (χ2n) is 8.94. The number of pyridine rings is 1. The van der Waals surface area contributed by atoms with E-state index in [1.807, 2.05) is 0 Å². The number of ether oxygens (including phenoxy) is 2. The minimum atomic E-state index is -4.90. The summed E-state index contributed by atoms with van der Waals surface area (Å²) in [5, 5.41) is 2.30. The number of methoxy groups -OCH3 is 1. The number of hydrogen-bond donors (Lipinski definition) is 1. The number of nitrogens with zero attached hydrogens (tertiary/aromatic N) is 2. The molecule has 4 rings (SSSR count). The van der Waals surface area contributed by atoms with Gasteiger partial charge in [0.1, 0.15) is 34.9 Å². The Kier molecular flexibility index (Phi) is 7.99. The maximum Gasteiger partial charge on any atom is 0.417 e. The van der Waals surface area contributed by atoms with Gasteiger partial charge in [-0.1, -0.05) is 0 Å². The summed E-state index contributed by atoms with van der Waals surface area (Å²) in [6, 6.07) is 4.55. The van der Waals surface area contributed by atoms with Gasteiger partial charge >= 0.3 is 12.8 Å². The summed E-state index contributed by atoms with van der Waals surface area (Å²) in [7, 11) is 2.18. The molecule has 8 nitrogen and oxygen atoms in total. The third-order valence-electron chi connectivity index (χ3n) is 6.38. The fraction of sp³-hybridized carbons (Fsp3) is 0.269. The molecule has 1 aromatic heterocycles. The Hall–Kier alpha value is -4.56. The molecule has 1 N–H and O–H groups in total. The van der Waals surface area contributed by atoms with Crippen LogP contribution in [-0.2, 0) is 18.0 Å². The van der Waals surface area contributed by atoms with Gasteiger partial charge in [-0.05, 0) is 30.3 Å². The first-order valence-corrected chi connectivity index (χ1v) is 11.7. The van der Waals surface area contributed by atoms with Gasteiger partial charge in [-0.2, -0.15) is 22.0 Å². The molecule has 0 spiro atoms. The summed E-state index contributed by atoms with van der Waals surface area (Å²) in [4.78, 5) is 39.9. The average molecular weight is 587 g/mol. The zero-order valence-corrected chi connectivity index (χ0v) is 21.1. The smallest absolute Gasteiger partial charge is 0.417 e. The van der Waals surface area contributed by atoms with Crippen molar-refractivity contribution in [3.63, 3.8) is 0 Å². The molecular weight excluding hydrogens is 567 g/mol. The first-order valence-electron chi connectivity index (χ1n) is 11.7. The van der Waals surface area contributed by atoms with Crippen LogP contribution >= 0.6 is 0 Å². The molecule has 1 aliphatic heterocycles. The summed E-state index contributed by atoms with van der Waals surface area (Å²) >= 11 is 0. The van der Waals surface area contributed by atoms with Gasteiger partial charge in [0, 0.05) is 49.0 Å². The van der Waals surface area contributed by atoms with E-state index in [0.29, 0.717) is 21.7 Å². The molecule has 0 radical (unpaired) electrons. The lowest BCUT2D eigenvalue weighted by Crippen LogP contribution is -2.44. The number of benzene rings is 2. The molecule has 2 atom stereocenters. The molecule has 0 aliphatic carbocycles. The van der Waals surface area contributed by atoms with Gasteiger partial charge in [0.15, 0.2) is 0 Å². The van der Waals surface area contributed by atoms with E-state index in [1.54, 1.807) is 0 Å². The fourth-order valence-electron chi connectivity index (χ4n) is 4.46. The highest BCUT2D eigenvalue weighted by molar-refractivity contribution is 6.05. The van der Waals surface area contributed by atoms with Crippen LogP contribution in [0.25, 0.3) is 0 Å². The molecule has 0 saturated carbocycles. The molecule has 41 heavy (non-hydrogen) atoms. The van der Waals surface area contributed by atoms with Crippen LogP contribution in [0.1, 0.15) is 27.4 Å². The number of hydrogen-bond acceptors (Lipinski definition) is 5. The summed E-state index contributed by atoms with van der Waals surface area (Å²) in [6.45, 7) is -3.81. The minimum Gasteiger partial charge on any atom is -0.497 e. The fourth-order valence-corrected chi connectivity index (χ4v) is 4.46. The zero-order chi connectivity index (χ0) is 30.2. The minimum absolute atomic E-state index is 0.165. The van der Waals surface area contributed by atoms with Crippen molar-refractivity contribution < 1.29 is 49.8 Å². The Morgan fingerprint density at radius 2 is 1.63 bits per heavy atom. The van der Waals surface area contributed by atoms with Crippen LogP contribution in [0.3, 0.4) is 0 Å². The maximum absolute atomic E-state index is 15.1. The van der Waals surface area contributed by atoms with Crippen LogP contribution in [-0.4, -0.2) is 42.7 Å². The Bertz CT molecular complexity index is 1520. The Labute approximate surface area is 226 Å². The number of aromatic nitrogens is 1. The second-order valence-corrected chi connectivity index (χ2v) is 8.94. The lowest BCUT2D eigenvalue weighted by Gasteiger charge is -2.20. The van der Waals surface area contributed by atoms with Gasteiger partial charge in [-0.3, -0.25) is 14.4 Å². The quantitative estimate of drug-likeness (QED) is 0.419. The van der Waals surface area contributed by atoms with Crippen molar-refractivity contribution in [3.8, 4) is 11.5 Å². The van der Waals surface area contributed by atoms with Crippen LogP contribution in [0.5, 0.6) is 11.5 Å². The van der Waals surface area contributed by atoms with Crippen LogP contribution < -0.4 is 25.2 Å². The second kappa shape index (κ2) is 11.1. The van der Waals surface area contributed by atoms with E-state index in [4.69, 9.17) is 4.74 Å². The summed E-state index contributed by atoms with van der Waals surface area (Å²) in [6.07, 6.45) is -4.38. The van der Waals surface area contributed by atoms with Crippen molar-refractivity contribution in [2.24, 2.45) is 7.05 Å². The first kappa shape index (κ1) is 29.4. The normalized spacial score (nSPS) is 17.2. The molecule has 0 bridgehead atoms. The lowest BCUT2D eigenvalue weighted by molar-refractivity contribution is -0.138. The van der Waals surface area contributed by atoms with E-state index < -0.39 is 77.1 Å². The van der Waals surface area contributed by atoms with Crippen molar-refractivity contribution in [3.05, 3.63) is 87.3 Å². The van der Waals surface area contributed by atoms with E-state index >= 15 is 8.78 Å². The SMILES string of the molecule is COc1cc(F)c([C@@H]2CN(c3cc(C(F)(F)F)cn(C)c3=O)C(=O)[C@H]2NC(=O)c2ccc(OC(F)F)cc2)c(F)c1. The molecule has 1 fully saturated rings. The predicted octanol–water partition coefficient (Wildman–Crippen LogP) is 4.22. The summed E-state index contributed by atoms with van der Waals surface area (Å²) in [5.74, 6) is -6.45. The molecular formula is C26H20F7N3O5. The molecule has 2 aromatic carbocycles. The van der Waals surface area contributed by atoms with E-state index in [9.17, 15) is 36.3 Å². The molecule has 0 unspecified atom stereocenters. The average Bonchev–Trinajstić information content (AvgIpc) is 3.19. The van der Waals surface area contributed by atoms with Gasteiger partial charge in [0.05, 0.1) is 12.7 Å². The largest absolute Gasteiger partial charge is 0.497 e. The maximum atomic E-state index is 15.1. The van der Waals surface area contributed by atoms with Gasteiger partial charge in [0.25, 0.3) is 11.5 Å². The number of alkyl halides is 5. The molecule has 15 heteroatoms. The van der Waals surface area contributed by atoms with Crippen LogP contribution in [0, 0.1) is 11.6 Å². The standard InChI is InChI=1S/C26H20F7N3O5/c1-35-10-13(26(31,32)33)7-19(23(35)38)36-11-16(20-17(27)8-15(40-2)9-18(20)28)21(24(36)39)34-22(37)12-3-5-14(6-4-12)41-25(29)30/h3-10,16,21,25H,11H2,1-2H3,(H,34,37)/t16-,21-/m0/s1. The Morgan fingerprint density at radius 3 is 2.17 bits per heavy atom. The van der Waals surface area contributed by atoms with Crippen molar-refractivity contribution in [2.75, 3.05) is 18.6 Å². The number of carbonyl (C=O) groups is 2. The van der Waals surface area contributed by atoms with Gasteiger partial charge in [-0.15, -0.1) is 0 Å². The van der Waals surface area contributed by atoms with E-state index in [1.165, 1.54) is 0 Å². The van der Waals surface area contributed by atoms with Gasteiger partial charge < -0.3 is 24.3 Å². The van der Waals surface area contributed by atoms with Crippen molar-refractivity contribution in [2.45, 2.75) is 24.7 Å². The van der Waals surface area contributed by atoms with Crippen molar-refractivity contribution in [1.29, 1.82) is 0 Å². The number of rotatable bonds is 7. The van der Waals surface area contributed by atoms with Gasteiger partial charge in [0.2, 0.25) is 5.91 Å². The molecule has 3 aromatic rings. The number of halogens is 7. The molecule has 1 saturated heterocycles. The van der Waals surface area contributed by atoms with Crippen molar-refractivity contribution in [1.82, 2.24) is 9.88 Å². The van der Waals surface area contributed by atoms with Crippen LogP contribution in [0.4, 0.5) is 36.4 Å². The molecule has 1 aliphatic rings.